The highest BCUT2D eigenvalue weighted by atomic mass is 19.4. The Morgan fingerprint density at radius 3 is 2.10 bits per heavy atom. The molecule has 1 aromatic carbocycles. The van der Waals surface area contributed by atoms with E-state index >= 15 is 0 Å². The summed E-state index contributed by atoms with van der Waals surface area (Å²) in [5.74, 6) is -3.77. The Balaban J connectivity index is 2.87. The molecular weight excluding hydrogens is 303 g/mol. The van der Waals surface area contributed by atoms with Gasteiger partial charge in [-0.1, -0.05) is 0 Å². The van der Waals surface area contributed by atoms with E-state index < -0.39 is 48.6 Å². The van der Waals surface area contributed by atoms with E-state index in [1.54, 1.807) is 5.32 Å². The van der Waals surface area contributed by atoms with Crippen LogP contribution in [0.15, 0.2) is 18.2 Å². The molecule has 10 heteroatoms. The van der Waals surface area contributed by atoms with Crippen molar-refractivity contribution in [3.8, 4) is 0 Å². The number of carboxylic acids is 1. The molecule has 0 aromatic heterocycles. The van der Waals surface area contributed by atoms with E-state index in [1.165, 1.54) is 0 Å². The number of hydrogen-bond acceptors (Lipinski definition) is 2. The number of carbonyl (C=O) groups excluding carboxylic acids is 1. The number of nitrogens with zero attached hydrogens (tertiary/aromatic N) is 1. The predicted molar refractivity (Wildman–Crippen MR) is 60.6 cm³/mol. The van der Waals surface area contributed by atoms with Crippen molar-refractivity contribution >= 4 is 17.7 Å². The Bertz CT molecular complexity index is 527. The minimum Gasteiger partial charge on any atom is -0.480 e. The number of urea groups is 1. The molecule has 0 bridgehead atoms. The third-order valence-corrected chi connectivity index (χ3v) is 2.10. The fourth-order valence-electron chi connectivity index (χ4n) is 1.41. The zero-order chi connectivity index (χ0) is 16.2. The fraction of sp³-hybridized carbons (Fsp3) is 0.273. The highest BCUT2D eigenvalue weighted by molar-refractivity contribution is 5.91. The van der Waals surface area contributed by atoms with Gasteiger partial charge in [-0.2, -0.15) is 13.2 Å². The molecule has 1 rings (SSSR count). The average Bonchev–Trinajstić information content (AvgIpc) is 2.23. The number of alkyl halides is 3. The number of aliphatic carboxylic acids is 1. The van der Waals surface area contributed by atoms with Gasteiger partial charge in [-0.3, -0.25) is 4.79 Å². The zero-order valence-corrected chi connectivity index (χ0v) is 10.2. The van der Waals surface area contributed by atoms with Crippen LogP contribution in [0, 0.1) is 11.6 Å². The highest BCUT2D eigenvalue weighted by Gasteiger charge is 2.34. The van der Waals surface area contributed by atoms with Gasteiger partial charge >= 0.3 is 18.2 Å². The van der Waals surface area contributed by atoms with Crippen molar-refractivity contribution in [1.29, 1.82) is 0 Å². The Labute approximate surface area is 115 Å². The Hall–Kier alpha value is -2.39. The van der Waals surface area contributed by atoms with Crippen LogP contribution in [0.4, 0.5) is 32.4 Å². The molecule has 21 heavy (non-hydrogen) atoms. The fourth-order valence-corrected chi connectivity index (χ4v) is 1.41. The SMILES string of the molecule is O=C(O)CN(CC(F)(F)F)C(=O)Nc1cc(F)cc(F)c1. The lowest BCUT2D eigenvalue weighted by Gasteiger charge is -2.22. The van der Waals surface area contributed by atoms with Crippen molar-refractivity contribution in [3.63, 3.8) is 0 Å². The third kappa shape index (κ3) is 6.06. The van der Waals surface area contributed by atoms with Crippen molar-refractivity contribution in [2.75, 3.05) is 18.4 Å². The maximum absolute atomic E-state index is 12.9. The van der Waals surface area contributed by atoms with Gasteiger partial charge in [0.05, 0.1) is 0 Å². The monoisotopic (exact) mass is 312 g/mol. The van der Waals surface area contributed by atoms with Crippen LogP contribution >= 0.6 is 0 Å². The molecule has 0 aliphatic carbocycles. The van der Waals surface area contributed by atoms with E-state index in [9.17, 15) is 31.5 Å². The van der Waals surface area contributed by atoms with Gasteiger partial charge in [-0.15, -0.1) is 0 Å². The molecule has 0 aliphatic rings. The minimum atomic E-state index is -4.82. The van der Waals surface area contributed by atoms with Crippen LogP contribution in [0.2, 0.25) is 0 Å². The van der Waals surface area contributed by atoms with Gasteiger partial charge in [0, 0.05) is 11.8 Å². The van der Waals surface area contributed by atoms with Crippen molar-refractivity contribution in [3.05, 3.63) is 29.8 Å². The quantitative estimate of drug-likeness (QED) is 0.839. The van der Waals surface area contributed by atoms with Crippen molar-refractivity contribution in [2.45, 2.75) is 6.18 Å². The second kappa shape index (κ2) is 6.37. The smallest absolute Gasteiger partial charge is 0.406 e. The van der Waals surface area contributed by atoms with Crippen LogP contribution < -0.4 is 5.32 Å². The topological polar surface area (TPSA) is 69.6 Å². The van der Waals surface area contributed by atoms with Gasteiger partial charge in [0.25, 0.3) is 0 Å². The normalized spacial score (nSPS) is 11.1. The lowest BCUT2D eigenvalue weighted by Crippen LogP contribution is -2.44. The van der Waals surface area contributed by atoms with E-state index in [0.717, 1.165) is 0 Å². The van der Waals surface area contributed by atoms with Crippen LogP contribution in [0.3, 0.4) is 0 Å². The number of benzene rings is 1. The van der Waals surface area contributed by atoms with Crippen LogP contribution in [-0.4, -0.2) is 41.3 Å². The van der Waals surface area contributed by atoms with E-state index in [0.29, 0.717) is 18.2 Å². The highest BCUT2D eigenvalue weighted by Crippen LogP contribution is 2.18. The first-order valence-electron chi connectivity index (χ1n) is 5.37. The molecule has 0 heterocycles. The van der Waals surface area contributed by atoms with Crippen LogP contribution in [0.25, 0.3) is 0 Å². The summed E-state index contributed by atoms with van der Waals surface area (Å²) in [6, 6.07) is 0.404. The van der Waals surface area contributed by atoms with Gasteiger partial charge in [0.1, 0.15) is 24.7 Å². The molecule has 2 N–H and O–H groups in total. The van der Waals surface area contributed by atoms with Gasteiger partial charge in [-0.25, -0.2) is 13.6 Å². The van der Waals surface area contributed by atoms with E-state index in [2.05, 4.69) is 0 Å². The molecule has 0 radical (unpaired) electrons. The summed E-state index contributed by atoms with van der Waals surface area (Å²) in [5, 5.41) is 10.3. The van der Waals surface area contributed by atoms with Crippen LogP contribution in [-0.2, 0) is 4.79 Å². The van der Waals surface area contributed by atoms with Crippen molar-refractivity contribution < 1.29 is 36.6 Å². The molecule has 0 atom stereocenters. The number of carboxylic acid groups (broad SMARTS) is 1. The second-order valence-corrected chi connectivity index (χ2v) is 3.95. The Kier molecular flexibility index (Phi) is 5.06. The van der Waals surface area contributed by atoms with Gasteiger partial charge in [0.15, 0.2) is 0 Å². The number of carbonyl (C=O) groups is 2. The predicted octanol–water partition coefficient (Wildman–Crippen LogP) is 2.45. The molecule has 0 spiro atoms. The summed E-state index contributed by atoms with van der Waals surface area (Å²) >= 11 is 0. The average molecular weight is 312 g/mol. The number of nitrogens with one attached hydrogen (secondary N) is 1. The molecule has 0 saturated heterocycles. The number of hydrogen-bond donors (Lipinski definition) is 2. The Morgan fingerprint density at radius 1 is 1.14 bits per heavy atom. The molecule has 5 nitrogen and oxygen atoms in total. The molecule has 116 valence electrons. The number of rotatable bonds is 4. The van der Waals surface area contributed by atoms with E-state index in [1.807, 2.05) is 0 Å². The summed E-state index contributed by atoms with van der Waals surface area (Å²) in [5.41, 5.74) is -0.435. The molecule has 0 unspecified atom stereocenters. The second-order valence-electron chi connectivity index (χ2n) is 3.95. The van der Waals surface area contributed by atoms with E-state index in [-0.39, 0.29) is 4.90 Å². The summed E-state index contributed by atoms with van der Waals surface area (Å²) < 4.78 is 62.5. The first-order chi connectivity index (χ1) is 9.56. The maximum atomic E-state index is 12.9. The Morgan fingerprint density at radius 2 is 1.67 bits per heavy atom. The molecular formula is C11H9F5N2O3. The standard InChI is InChI=1S/C11H9F5N2O3/c12-6-1-7(13)3-8(2-6)17-10(21)18(4-9(19)20)5-11(14,15)16/h1-3H,4-5H2,(H,17,21)(H,19,20). The molecule has 0 aliphatic heterocycles. The summed E-state index contributed by atoms with van der Waals surface area (Å²) in [6.07, 6.45) is -4.82. The number of anilines is 1. The van der Waals surface area contributed by atoms with Crippen LogP contribution in [0.5, 0.6) is 0 Å². The van der Waals surface area contributed by atoms with Gasteiger partial charge in [0.2, 0.25) is 0 Å². The van der Waals surface area contributed by atoms with Gasteiger partial charge < -0.3 is 15.3 Å². The maximum Gasteiger partial charge on any atom is 0.406 e. The summed E-state index contributed by atoms with van der Waals surface area (Å²) in [6.45, 7) is -3.04. The number of halogens is 5. The third-order valence-electron chi connectivity index (χ3n) is 2.10. The zero-order valence-electron chi connectivity index (χ0n) is 10.2. The largest absolute Gasteiger partial charge is 0.480 e. The first-order valence-corrected chi connectivity index (χ1v) is 5.37. The molecule has 0 saturated carbocycles. The molecule has 0 fully saturated rings. The lowest BCUT2D eigenvalue weighted by molar-refractivity contribution is -0.148. The summed E-state index contributed by atoms with van der Waals surface area (Å²) in [4.78, 5) is 22.0. The number of amides is 2. The van der Waals surface area contributed by atoms with Crippen molar-refractivity contribution in [1.82, 2.24) is 4.90 Å². The molecule has 2 amide bonds. The lowest BCUT2D eigenvalue weighted by atomic mass is 10.3. The van der Waals surface area contributed by atoms with Crippen LogP contribution in [0.1, 0.15) is 0 Å². The van der Waals surface area contributed by atoms with Crippen molar-refractivity contribution in [2.24, 2.45) is 0 Å². The first kappa shape index (κ1) is 16.7. The molecule has 1 aromatic rings. The summed E-state index contributed by atoms with van der Waals surface area (Å²) in [7, 11) is 0. The minimum absolute atomic E-state index is 0.0505. The van der Waals surface area contributed by atoms with Gasteiger partial charge in [-0.05, 0) is 12.1 Å². The van der Waals surface area contributed by atoms with E-state index in [4.69, 9.17) is 5.11 Å².